The molecule has 0 radical (unpaired) electrons. The van der Waals surface area contributed by atoms with Crippen molar-refractivity contribution in [3.63, 3.8) is 0 Å². The average Bonchev–Trinajstić information content (AvgIpc) is 3.27. The van der Waals surface area contributed by atoms with Gasteiger partial charge in [-0.05, 0) is 39.5 Å². The van der Waals surface area contributed by atoms with Gasteiger partial charge in [0.15, 0.2) is 0 Å². The summed E-state index contributed by atoms with van der Waals surface area (Å²) in [6.07, 6.45) is 9.18. The first kappa shape index (κ1) is 17.7. The molecule has 26 heavy (non-hydrogen) atoms. The van der Waals surface area contributed by atoms with Crippen molar-refractivity contribution in [2.75, 3.05) is 6.54 Å². The van der Waals surface area contributed by atoms with E-state index in [9.17, 15) is 0 Å². The maximum absolute atomic E-state index is 4.79. The van der Waals surface area contributed by atoms with Crippen LogP contribution in [0.15, 0.2) is 0 Å². The Balaban J connectivity index is 1.43. The Morgan fingerprint density at radius 2 is 1.77 bits per heavy atom. The van der Waals surface area contributed by atoms with E-state index in [2.05, 4.69) is 33.9 Å². The van der Waals surface area contributed by atoms with Gasteiger partial charge in [0.2, 0.25) is 0 Å². The molecule has 140 valence electrons. The minimum Gasteiger partial charge on any atom is -0.293 e. The lowest BCUT2D eigenvalue weighted by atomic mass is 9.97. The quantitative estimate of drug-likeness (QED) is 0.888. The second-order valence-corrected chi connectivity index (χ2v) is 8.20. The van der Waals surface area contributed by atoms with E-state index >= 15 is 0 Å². The minimum atomic E-state index is 0.882. The van der Waals surface area contributed by atoms with Crippen molar-refractivity contribution in [3.05, 3.63) is 39.7 Å². The summed E-state index contributed by atoms with van der Waals surface area (Å²) >= 11 is 0. The predicted octanol–water partition coefficient (Wildman–Crippen LogP) is 3.81. The van der Waals surface area contributed by atoms with Gasteiger partial charge < -0.3 is 0 Å². The van der Waals surface area contributed by atoms with Crippen LogP contribution in [-0.4, -0.2) is 31.6 Å². The molecular weight excluding hydrogens is 322 g/mol. The molecule has 0 spiro atoms. The number of hydrogen-bond acceptors (Lipinski definition) is 4. The van der Waals surface area contributed by atoms with E-state index in [1.807, 2.05) is 6.92 Å². The van der Waals surface area contributed by atoms with Crippen LogP contribution in [0.4, 0.5) is 0 Å². The summed E-state index contributed by atoms with van der Waals surface area (Å²) in [6.45, 7) is 9.10. The number of rotatable bonds is 5. The molecule has 5 nitrogen and oxygen atoms in total. The van der Waals surface area contributed by atoms with Crippen LogP contribution in [0.1, 0.15) is 71.8 Å². The Morgan fingerprint density at radius 1 is 1.00 bits per heavy atom. The molecule has 0 bridgehead atoms. The number of aromatic nitrogens is 4. The number of hydrogen-bond donors (Lipinski definition) is 1. The van der Waals surface area contributed by atoms with Crippen LogP contribution in [0.5, 0.6) is 0 Å². The molecule has 0 amide bonds. The topological polar surface area (TPSA) is 57.7 Å². The van der Waals surface area contributed by atoms with Crippen molar-refractivity contribution in [2.24, 2.45) is 5.92 Å². The highest BCUT2D eigenvalue weighted by molar-refractivity contribution is 5.28. The molecule has 2 aromatic heterocycles. The van der Waals surface area contributed by atoms with Crippen molar-refractivity contribution in [1.29, 1.82) is 0 Å². The second-order valence-electron chi connectivity index (χ2n) is 8.20. The van der Waals surface area contributed by atoms with Gasteiger partial charge in [0.1, 0.15) is 0 Å². The highest BCUT2D eigenvalue weighted by atomic mass is 15.2. The van der Waals surface area contributed by atoms with Gasteiger partial charge in [0.05, 0.1) is 28.5 Å². The molecule has 0 atom stereocenters. The Hall–Kier alpha value is -1.75. The maximum Gasteiger partial charge on any atom is 0.0759 e. The smallest absolute Gasteiger partial charge is 0.0759 e. The molecule has 5 heteroatoms. The monoisotopic (exact) mass is 353 g/mol. The number of aryl methyl sites for hydroxylation is 4. The van der Waals surface area contributed by atoms with Crippen molar-refractivity contribution in [2.45, 2.75) is 78.8 Å². The normalized spacial score (nSPS) is 18.4. The van der Waals surface area contributed by atoms with Gasteiger partial charge in [0, 0.05) is 37.3 Å². The van der Waals surface area contributed by atoms with E-state index in [1.54, 1.807) is 0 Å². The number of aromatic amines is 1. The number of nitrogens with one attached hydrogen (secondary N) is 1. The molecule has 1 aliphatic heterocycles. The average molecular weight is 354 g/mol. The maximum atomic E-state index is 4.79. The molecule has 0 saturated heterocycles. The van der Waals surface area contributed by atoms with E-state index < -0.39 is 0 Å². The standard InChI is InChI=1S/C21H31N5/c1-14-15(2)23-21(16(3)22-14)13-26-11-10-20-18(12-26)19(24-25-20)9-8-17-6-4-5-7-17/h17H,4-13H2,1-3H3,(H,24,25). The summed E-state index contributed by atoms with van der Waals surface area (Å²) < 4.78 is 0. The third-order valence-corrected chi connectivity index (χ3v) is 6.32. The van der Waals surface area contributed by atoms with Gasteiger partial charge in [0.25, 0.3) is 0 Å². The molecule has 1 saturated carbocycles. The molecule has 1 N–H and O–H groups in total. The molecule has 3 heterocycles. The summed E-state index contributed by atoms with van der Waals surface area (Å²) in [5.41, 5.74) is 8.37. The summed E-state index contributed by atoms with van der Waals surface area (Å²) in [6, 6.07) is 0. The molecule has 0 unspecified atom stereocenters. The molecule has 4 rings (SSSR count). The van der Waals surface area contributed by atoms with E-state index in [0.717, 1.165) is 61.2 Å². The highest BCUT2D eigenvalue weighted by Crippen LogP contribution is 2.30. The van der Waals surface area contributed by atoms with Crippen molar-refractivity contribution >= 4 is 0 Å². The first-order valence-corrected chi connectivity index (χ1v) is 10.2. The first-order valence-electron chi connectivity index (χ1n) is 10.2. The Labute approximate surface area is 156 Å². The van der Waals surface area contributed by atoms with Crippen LogP contribution in [0.3, 0.4) is 0 Å². The fourth-order valence-electron chi connectivity index (χ4n) is 4.51. The van der Waals surface area contributed by atoms with Gasteiger partial charge in [-0.1, -0.05) is 25.7 Å². The second kappa shape index (κ2) is 7.47. The summed E-state index contributed by atoms with van der Waals surface area (Å²) in [7, 11) is 0. The lowest BCUT2D eigenvalue weighted by Gasteiger charge is -2.27. The van der Waals surface area contributed by atoms with Crippen LogP contribution >= 0.6 is 0 Å². The zero-order valence-electron chi connectivity index (χ0n) is 16.4. The molecule has 1 fully saturated rings. The Bertz CT molecular complexity index is 773. The third kappa shape index (κ3) is 3.68. The molecule has 0 aromatic carbocycles. The summed E-state index contributed by atoms with van der Waals surface area (Å²) in [4.78, 5) is 12.0. The molecular formula is C21H31N5. The van der Waals surface area contributed by atoms with E-state index in [4.69, 9.17) is 4.98 Å². The molecule has 2 aliphatic rings. The SMILES string of the molecule is Cc1nc(C)c(CN2CCc3[nH]nc(CCC4CCCC4)c3C2)nc1C. The fourth-order valence-corrected chi connectivity index (χ4v) is 4.51. The van der Waals surface area contributed by atoms with E-state index in [-0.39, 0.29) is 0 Å². The number of fused-ring (bicyclic) bond motifs is 1. The van der Waals surface area contributed by atoms with E-state index in [0.29, 0.717) is 0 Å². The summed E-state index contributed by atoms with van der Waals surface area (Å²) in [5, 5.41) is 7.97. The molecule has 1 aliphatic carbocycles. The van der Waals surface area contributed by atoms with Crippen molar-refractivity contribution < 1.29 is 0 Å². The zero-order valence-corrected chi connectivity index (χ0v) is 16.4. The van der Waals surface area contributed by atoms with Crippen molar-refractivity contribution in [3.8, 4) is 0 Å². The zero-order chi connectivity index (χ0) is 18.1. The van der Waals surface area contributed by atoms with Crippen LogP contribution in [0.2, 0.25) is 0 Å². The van der Waals surface area contributed by atoms with Gasteiger partial charge in [-0.3, -0.25) is 20.0 Å². The Kier molecular flexibility index (Phi) is 5.07. The largest absolute Gasteiger partial charge is 0.293 e. The van der Waals surface area contributed by atoms with E-state index in [1.165, 1.54) is 49.1 Å². The van der Waals surface area contributed by atoms with Crippen molar-refractivity contribution in [1.82, 2.24) is 25.1 Å². The lowest BCUT2D eigenvalue weighted by Crippen LogP contribution is -2.31. The van der Waals surface area contributed by atoms with Crippen LogP contribution in [0.25, 0.3) is 0 Å². The van der Waals surface area contributed by atoms with Gasteiger partial charge in [-0.15, -0.1) is 0 Å². The summed E-state index contributed by atoms with van der Waals surface area (Å²) in [5.74, 6) is 0.926. The predicted molar refractivity (Wildman–Crippen MR) is 103 cm³/mol. The third-order valence-electron chi connectivity index (χ3n) is 6.32. The number of H-pyrrole nitrogens is 1. The molecule has 2 aromatic rings. The lowest BCUT2D eigenvalue weighted by molar-refractivity contribution is 0.240. The van der Waals surface area contributed by atoms with Crippen LogP contribution < -0.4 is 0 Å². The minimum absolute atomic E-state index is 0.882. The fraction of sp³-hybridized carbons (Fsp3) is 0.667. The van der Waals surface area contributed by atoms with Gasteiger partial charge >= 0.3 is 0 Å². The van der Waals surface area contributed by atoms with Crippen LogP contribution in [0, 0.1) is 26.7 Å². The van der Waals surface area contributed by atoms with Gasteiger partial charge in [-0.2, -0.15) is 5.10 Å². The van der Waals surface area contributed by atoms with Crippen LogP contribution in [-0.2, 0) is 25.9 Å². The van der Waals surface area contributed by atoms with Gasteiger partial charge in [-0.25, -0.2) is 0 Å². The Morgan fingerprint density at radius 3 is 2.58 bits per heavy atom. The number of nitrogens with zero attached hydrogens (tertiary/aromatic N) is 4. The first-order chi connectivity index (χ1) is 12.6. The highest BCUT2D eigenvalue weighted by Gasteiger charge is 2.24.